The quantitative estimate of drug-likeness (QED) is 0.755. The molecule has 1 aromatic heterocycles. The van der Waals surface area contributed by atoms with Crippen molar-refractivity contribution >= 4 is 11.7 Å². The Bertz CT molecular complexity index is 790. The van der Waals surface area contributed by atoms with E-state index in [1.165, 1.54) is 0 Å². The van der Waals surface area contributed by atoms with Crippen LogP contribution in [0.2, 0.25) is 0 Å². The summed E-state index contributed by atoms with van der Waals surface area (Å²) in [5.74, 6) is 2.51. The predicted molar refractivity (Wildman–Crippen MR) is 99.0 cm³/mol. The molecule has 26 heavy (non-hydrogen) atoms. The number of hydrogen-bond donors (Lipinski definition) is 2. The maximum atomic E-state index is 12.2. The molecule has 1 aromatic carbocycles. The van der Waals surface area contributed by atoms with Crippen LogP contribution in [-0.2, 0) is 6.42 Å². The highest BCUT2D eigenvalue weighted by atomic mass is 16.5. The molecule has 0 unspecified atom stereocenters. The molecule has 138 valence electrons. The van der Waals surface area contributed by atoms with Crippen LogP contribution in [0.15, 0.2) is 24.3 Å². The number of amides is 1. The summed E-state index contributed by atoms with van der Waals surface area (Å²) >= 11 is 0. The second kappa shape index (κ2) is 8.03. The zero-order valence-corrected chi connectivity index (χ0v) is 15.3. The molecule has 1 saturated carbocycles. The van der Waals surface area contributed by atoms with E-state index >= 15 is 0 Å². The van der Waals surface area contributed by atoms with Crippen molar-refractivity contribution in [1.82, 2.24) is 15.3 Å². The highest BCUT2D eigenvalue weighted by Gasteiger charge is 2.24. The van der Waals surface area contributed by atoms with E-state index in [1.54, 1.807) is 27.2 Å². The molecule has 1 heterocycles. The number of hydrogen-bond acceptors (Lipinski definition) is 6. The molecule has 0 atom stereocenters. The molecule has 0 aliphatic heterocycles. The van der Waals surface area contributed by atoms with Crippen molar-refractivity contribution in [2.75, 3.05) is 26.1 Å². The molecule has 7 nitrogen and oxygen atoms in total. The number of nitrogens with one attached hydrogen (secondary N) is 2. The number of anilines is 1. The first-order chi connectivity index (χ1) is 12.6. The van der Waals surface area contributed by atoms with Crippen molar-refractivity contribution in [1.29, 1.82) is 0 Å². The molecule has 1 aliphatic rings. The lowest BCUT2D eigenvalue weighted by atomic mass is 10.1. The number of carbonyl (C=O) groups excluding carboxylic acids is 1. The van der Waals surface area contributed by atoms with Crippen LogP contribution in [0.5, 0.6) is 11.5 Å². The van der Waals surface area contributed by atoms with E-state index in [2.05, 4.69) is 20.6 Å². The number of methoxy groups -OCH3 is 2. The van der Waals surface area contributed by atoms with Crippen LogP contribution >= 0.6 is 0 Å². The van der Waals surface area contributed by atoms with Crippen LogP contribution in [-0.4, -0.2) is 42.7 Å². The highest BCUT2D eigenvalue weighted by Crippen LogP contribution is 2.27. The van der Waals surface area contributed by atoms with Gasteiger partial charge in [0.1, 0.15) is 17.3 Å². The summed E-state index contributed by atoms with van der Waals surface area (Å²) in [5, 5.41) is 6.21. The Balaban J connectivity index is 1.60. The number of benzene rings is 1. The third kappa shape index (κ3) is 4.62. The van der Waals surface area contributed by atoms with Crippen LogP contribution in [0, 0.1) is 6.92 Å². The average Bonchev–Trinajstić information content (AvgIpc) is 3.45. The molecule has 0 spiro atoms. The van der Waals surface area contributed by atoms with Gasteiger partial charge in [-0.15, -0.1) is 0 Å². The molecule has 1 aliphatic carbocycles. The van der Waals surface area contributed by atoms with Crippen LogP contribution in [0.1, 0.15) is 34.7 Å². The van der Waals surface area contributed by atoms with Gasteiger partial charge in [0.25, 0.3) is 5.91 Å². The van der Waals surface area contributed by atoms with Gasteiger partial charge in [0.15, 0.2) is 11.5 Å². The number of carbonyl (C=O) groups is 1. The lowest BCUT2D eigenvalue weighted by Crippen LogP contribution is -2.26. The highest BCUT2D eigenvalue weighted by molar-refractivity contribution is 5.93. The van der Waals surface area contributed by atoms with Gasteiger partial charge in [0.05, 0.1) is 14.2 Å². The first-order valence-corrected chi connectivity index (χ1v) is 8.70. The number of rotatable bonds is 8. The van der Waals surface area contributed by atoms with Crippen molar-refractivity contribution in [3.63, 3.8) is 0 Å². The minimum Gasteiger partial charge on any atom is -0.493 e. The Morgan fingerprint density at radius 1 is 1.15 bits per heavy atom. The standard InChI is InChI=1S/C19H24N4O3/c1-12-21-15(19(24)23-14-5-6-14)11-18(22-12)20-9-8-13-4-7-16(25-2)17(10-13)26-3/h4,7,10-11,14H,5-6,8-9H2,1-3H3,(H,23,24)(H,20,21,22). The molecule has 1 amide bonds. The van der Waals surface area contributed by atoms with Gasteiger partial charge in [-0.25, -0.2) is 9.97 Å². The smallest absolute Gasteiger partial charge is 0.270 e. The lowest BCUT2D eigenvalue weighted by Gasteiger charge is -2.11. The second-order valence-corrected chi connectivity index (χ2v) is 6.30. The van der Waals surface area contributed by atoms with Gasteiger partial charge in [-0.05, 0) is 43.9 Å². The second-order valence-electron chi connectivity index (χ2n) is 6.30. The summed E-state index contributed by atoms with van der Waals surface area (Å²) in [6.07, 6.45) is 2.88. The Morgan fingerprint density at radius 3 is 2.62 bits per heavy atom. The van der Waals surface area contributed by atoms with Gasteiger partial charge in [0.2, 0.25) is 0 Å². The molecule has 0 radical (unpaired) electrons. The largest absolute Gasteiger partial charge is 0.493 e. The summed E-state index contributed by atoms with van der Waals surface area (Å²) in [4.78, 5) is 20.8. The van der Waals surface area contributed by atoms with E-state index < -0.39 is 0 Å². The van der Waals surface area contributed by atoms with Gasteiger partial charge in [-0.2, -0.15) is 0 Å². The van der Waals surface area contributed by atoms with Crippen LogP contribution in [0.3, 0.4) is 0 Å². The van der Waals surface area contributed by atoms with Gasteiger partial charge in [0, 0.05) is 18.7 Å². The topological polar surface area (TPSA) is 85.4 Å². The van der Waals surface area contributed by atoms with Gasteiger partial charge in [-0.1, -0.05) is 6.07 Å². The fourth-order valence-corrected chi connectivity index (χ4v) is 2.63. The van der Waals surface area contributed by atoms with Crippen molar-refractivity contribution in [2.24, 2.45) is 0 Å². The van der Waals surface area contributed by atoms with Crippen molar-refractivity contribution < 1.29 is 14.3 Å². The fraction of sp³-hybridized carbons (Fsp3) is 0.421. The first-order valence-electron chi connectivity index (χ1n) is 8.70. The Labute approximate surface area is 153 Å². The van der Waals surface area contributed by atoms with Gasteiger partial charge >= 0.3 is 0 Å². The summed E-state index contributed by atoms with van der Waals surface area (Å²) in [7, 11) is 3.24. The van der Waals surface area contributed by atoms with Crippen LogP contribution < -0.4 is 20.1 Å². The Hall–Kier alpha value is -2.83. The van der Waals surface area contributed by atoms with Crippen LogP contribution in [0.25, 0.3) is 0 Å². The minimum atomic E-state index is -0.138. The van der Waals surface area contributed by atoms with Crippen molar-refractivity contribution in [3.05, 3.63) is 41.3 Å². The molecule has 1 fully saturated rings. The average molecular weight is 356 g/mol. The minimum absolute atomic E-state index is 0.138. The molecule has 7 heteroatoms. The van der Waals surface area contributed by atoms with Crippen LogP contribution in [0.4, 0.5) is 5.82 Å². The number of nitrogens with zero attached hydrogens (tertiary/aromatic N) is 2. The Morgan fingerprint density at radius 2 is 1.92 bits per heavy atom. The summed E-state index contributed by atoms with van der Waals surface area (Å²) in [5.41, 5.74) is 1.52. The van der Waals surface area contributed by atoms with Crippen molar-refractivity contribution in [3.8, 4) is 11.5 Å². The molecule has 2 aromatic rings. The van der Waals surface area contributed by atoms with Gasteiger partial charge < -0.3 is 20.1 Å². The maximum Gasteiger partial charge on any atom is 0.270 e. The van der Waals surface area contributed by atoms with E-state index in [0.29, 0.717) is 41.4 Å². The van der Waals surface area contributed by atoms with Gasteiger partial charge in [-0.3, -0.25) is 4.79 Å². The third-order valence-electron chi connectivity index (χ3n) is 4.15. The first kappa shape index (κ1) is 18.0. The van der Waals surface area contributed by atoms with Crippen molar-refractivity contribution in [2.45, 2.75) is 32.2 Å². The van der Waals surface area contributed by atoms with E-state index in [0.717, 1.165) is 24.8 Å². The zero-order chi connectivity index (χ0) is 18.5. The molecule has 3 rings (SSSR count). The summed E-state index contributed by atoms with van der Waals surface area (Å²) in [6.45, 7) is 2.46. The molecule has 0 bridgehead atoms. The van der Waals surface area contributed by atoms with E-state index in [1.807, 2.05) is 18.2 Å². The predicted octanol–water partition coefficient (Wildman–Crippen LogP) is 2.35. The van der Waals surface area contributed by atoms with E-state index in [-0.39, 0.29) is 5.91 Å². The third-order valence-corrected chi connectivity index (χ3v) is 4.15. The monoisotopic (exact) mass is 356 g/mol. The molecule has 0 saturated heterocycles. The summed E-state index contributed by atoms with van der Waals surface area (Å²) in [6, 6.07) is 7.85. The number of ether oxygens (including phenoxy) is 2. The fourth-order valence-electron chi connectivity index (χ4n) is 2.63. The van der Waals surface area contributed by atoms with E-state index in [4.69, 9.17) is 9.47 Å². The van der Waals surface area contributed by atoms with E-state index in [9.17, 15) is 4.79 Å². The number of aromatic nitrogens is 2. The lowest BCUT2D eigenvalue weighted by molar-refractivity contribution is 0.0945. The molecular weight excluding hydrogens is 332 g/mol. The molecular formula is C19H24N4O3. The SMILES string of the molecule is COc1ccc(CCNc2cc(C(=O)NC3CC3)nc(C)n2)cc1OC. The summed E-state index contributed by atoms with van der Waals surface area (Å²) < 4.78 is 10.6. The Kier molecular flexibility index (Phi) is 5.55. The molecule has 2 N–H and O–H groups in total. The zero-order valence-electron chi connectivity index (χ0n) is 15.3. The normalized spacial score (nSPS) is 13.2. The number of aryl methyl sites for hydroxylation is 1. The maximum absolute atomic E-state index is 12.2.